The van der Waals surface area contributed by atoms with Gasteiger partial charge in [0.2, 0.25) is 47.3 Å². The number of likely N-dealkylation sites (tertiary alicyclic amines) is 1. The Morgan fingerprint density at radius 2 is 1.25 bits per heavy atom. The average Bonchev–Trinajstić information content (AvgIpc) is 1.70. The van der Waals surface area contributed by atoms with Crippen LogP contribution in [0.3, 0.4) is 0 Å². The third kappa shape index (κ3) is 25.0. The van der Waals surface area contributed by atoms with Crippen LogP contribution in [-0.2, 0) is 79.8 Å². The summed E-state index contributed by atoms with van der Waals surface area (Å²) in [6.45, 7) is 18.9. The Labute approximate surface area is 575 Å². The summed E-state index contributed by atoms with van der Waals surface area (Å²) >= 11 is 0. The van der Waals surface area contributed by atoms with Crippen LogP contribution in [0.5, 0.6) is 0 Å². The first-order chi connectivity index (χ1) is 46.4. The van der Waals surface area contributed by atoms with Crippen LogP contribution < -0.4 is 20.9 Å². The minimum Gasteiger partial charge on any atom is -0.480 e. The molecule has 23 nitrogen and oxygen atoms in total. The van der Waals surface area contributed by atoms with Gasteiger partial charge in [0.25, 0.3) is 0 Å². The molecule has 23 heteroatoms. The minimum absolute atomic E-state index is 0.0175. The standard InChI is InChI=1S/C74H110N8O15/c1-13-52(6)70(62(93-12)48-67(87)81-37-22-29-60(81)53(7)54(8)71(88)76-59(74(91)92)47-55-23-15-14-16-24-55)80(11)73(90)68(50(2)3)77-72(89)69(51(4)5)79(10)65(85)31-21-30-64(84)78(9)38-40-95-42-44-97-46-45-96-43-41-94-39-35-63(83)75-36-34-66(86)82-49-58-27-18-17-25-56(58)32-33-57-26-19-20-28-61(57)82/h14-20,23-28,32-33,50-54,59-60,62,68-70H,13,21-22,29-31,34-49H2,1-12H3,(H,75,83)(H,76,88)(H,77,89)(H,91,92)/b33-32-/t52-,53+,54+,59+,60?,62+,68-,69-,70-/m0/s1. The molecule has 536 valence electrons. The molecule has 0 spiro atoms. The Balaban J connectivity index is 0.952. The van der Waals surface area contributed by atoms with Gasteiger partial charge in [0, 0.05) is 92.0 Å². The second-order valence-corrected chi connectivity index (χ2v) is 26.3. The smallest absolute Gasteiger partial charge is 0.326 e. The quantitative estimate of drug-likeness (QED) is 0.0406. The fourth-order valence-corrected chi connectivity index (χ4v) is 12.6. The van der Waals surface area contributed by atoms with Crippen molar-refractivity contribution >= 4 is 71.1 Å². The van der Waals surface area contributed by atoms with Crippen LogP contribution in [0.2, 0.25) is 0 Å². The molecule has 0 saturated carbocycles. The Hall–Kier alpha value is -7.57. The topological polar surface area (TPSA) is 272 Å². The number of carbonyl (C=O) groups is 9. The molecular formula is C74H110N8O15. The fraction of sp³-hybridized carbons (Fsp3) is 0.608. The monoisotopic (exact) mass is 1350 g/mol. The lowest BCUT2D eigenvalue weighted by Gasteiger charge is -2.41. The van der Waals surface area contributed by atoms with Gasteiger partial charge in [0.15, 0.2) is 0 Å². The fourth-order valence-electron chi connectivity index (χ4n) is 12.6. The molecule has 3 aromatic carbocycles. The maximum Gasteiger partial charge on any atom is 0.326 e. The normalized spacial score (nSPS) is 16.4. The molecule has 4 N–H and O–H groups in total. The van der Waals surface area contributed by atoms with Crippen molar-refractivity contribution in [2.75, 3.05) is 106 Å². The zero-order chi connectivity index (χ0) is 71.1. The summed E-state index contributed by atoms with van der Waals surface area (Å²) in [6, 6.07) is 21.0. The average molecular weight is 1350 g/mol. The maximum atomic E-state index is 14.7. The largest absolute Gasteiger partial charge is 0.480 e. The van der Waals surface area contributed by atoms with Crippen molar-refractivity contribution in [3.05, 3.63) is 101 Å². The number of rotatable bonds is 42. The van der Waals surface area contributed by atoms with Gasteiger partial charge in [-0.15, -0.1) is 0 Å². The molecule has 2 aliphatic heterocycles. The van der Waals surface area contributed by atoms with E-state index in [1.165, 1.54) is 12.0 Å². The number of nitrogens with one attached hydrogen (secondary N) is 3. The number of benzene rings is 3. The van der Waals surface area contributed by atoms with Crippen LogP contribution in [0.1, 0.15) is 135 Å². The lowest BCUT2D eigenvalue weighted by Crippen LogP contribution is -2.60. The first-order valence-electron chi connectivity index (χ1n) is 34.6. The molecule has 9 atom stereocenters. The zero-order valence-electron chi connectivity index (χ0n) is 59.5. The van der Waals surface area contributed by atoms with Gasteiger partial charge in [-0.25, -0.2) is 4.79 Å². The van der Waals surface area contributed by atoms with Crippen molar-refractivity contribution in [3.63, 3.8) is 0 Å². The van der Waals surface area contributed by atoms with E-state index in [-0.39, 0.29) is 130 Å². The molecule has 97 heavy (non-hydrogen) atoms. The molecule has 5 rings (SSSR count). The number of carboxylic acids is 1. The van der Waals surface area contributed by atoms with Gasteiger partial charge >= 0.3 is 5.97 Å². The SMILES string of the molecule is CC[C@H](C)[C@@H]([C@@H](CC(=O)N1CCCC1[C@H](C)[C@@H](C)C(=O)N[C@H](Cc1ccccc1)C(=O)O)OC)N(C)C(=O)[C@@H](NC(=O)[C@H](C(C)C)N(C)C(=O)CCCC(=O)N(C)CCOCCOCCOCCOCCC(=O)NCCC(=O)N1Cc2ccccc2/C=C\c2ccccc21)C(C)C. The molecule has 2 aliphatic rings. The molecule has 0 radical (unpaired) electrons. The lowest BCUT2D eigenvalue weighted by molar-refractivity contribution is -0.148. The van der Waals surface area contributed by atoms with E-state index in [2.05, 4.69) is 22.0 Å². The van der Waals surface area contributed by atoms with Crippen LogP contribution in [0, 0.1) is 29.6 Å². The third-order valence-electron chi connectivity index (χ3n) is 18.7. The van der Waals surface area contributed by atoms with Crippen molar-refractivity contribution < 1.29 is 71.9 Å². The number of hydrogen-bond acceptors (Lipinski definition) is 14. The second kappa shape index (κ2) is 41.6. The molecule has 8 amide bonds. The summed E-state index contributed by atoms with van der Waals surface area (Å²) in [5.41, 5.74) is 4.68. The molecule has 0 aliphatic carbocycles. The predicted molar refractivity (Wildman–Crippen MR) is 372 cm³/mol. The number of carboxylic acid groups (broad SMARTS) is 1. The highest BCUT2D eigenvalue weighted by atomic mass is 16.6. The zero-order valence-corrected chi connectivity index (χ0v) is 59.5. The van der Waals surface area contributed by atoms with E-state index in [9.17, 15) is 48.3 Å². The molecule has 3 aromatic rings. The van der Waals surface area contributed by atoms with Crippen LogP contribution in [0.25, 0.3) is 12.2 Å². The number of fused-ring (bicyclic) bond motifs is 2. The Kier molecular flexibility index (Phi) is 34.4. The number of hydrogen-bond donors (Lipinski definition) is 4. The molecule has 0 bridgehead atoms. The van der Waals surface area contributed by atoms with Gasteiger partial charge in [-0.1, -0.05) is 147 Å². The number of ether oxygens (including phenoxy) is 5. The van der Waals surface area contributed by atoms with Crippen LogP contribution in [0.15, 0.2) is 78.9 Å². The van der Waals surface area contributed by atoms with Gasteiger partial charge in [0.05, 0.1) is 83.7 Å². The highest BCUT2D eigenvalue weighted by molar-refractivity contribution is 5.97. The number of aliphatic carboxylic acids is 1. The van der Waals surface area contributed by atoms with E-state index in [1.54, 1.807) is 47.7 Å². The predicted octanol–water partition coefficient (Wildman–Crippen LogP) is 7.27. The van der Waals surface area contributed by atoms with Crippen molar-refractivity contribution in [1.29, 1.82) is 0 Å². The van der Waals surface area contributed by atoms with Crippen LogP contribution in [-0.4, -0.2) is 215 Å². The number of carbonyl (C=O) groups excluding carboxylic acids is 8. The summed E-state index contributed by atoms with van der Waals surface area (Å²) in [5, 5.41) is 18.5. The van der Waals surface area contributed by atoms with E-state index < -0.39 is 54.0 Å². The van der Waals surface area contributed by atoms with Crippen LogP contribution in [0.4, 0.5) is 5.69 Å². The molecule has 1 unspecified atom stereocenters. The van der Waals surface area contributed by atoms with Gasteiger partial charge < -0.3 is 69.2 Å². The Morgan fingerprint density at radius 3 is 1.88 bits per heavy atom. The summed E-state index contributed by atoms with van der Waals surface area (Å²) in [6.07, 6.45) is 6.16. The third-order valence-corrected chi connectivity index (χ3v) is 18.7. The van der Waals surface area contributed by atoms with Gasteiger partial charge in [0.1, 0.15) is 18.1 Å². The highest BCUT2D eigenvalue weighted by Crippen LogP contribution is 2.33. The Morgan fingerprint density at radius 1 is 0.649 bits per heavy atom. The summed E-state index contributed by atoms with van der Waals surface area (Å²) < 4.78 is 28.5. The van der Waals surface area contributed by atoms with Crippen LogP contribution >= 0.6 is 0 Å². The molecule has 2 heterocycles. The first-order valence-corrected chi connectivity index (χ1v) is 34.6. The van der Waals surface area contributed by atoms with E-state index in [0.29, 0.717) is 72.1 Å². The number of para-hydroxylation sites is 1. The lowest BCUT2D eigenvalue weighted by atomic mass is 9.86. The molecule has 0 aromatic heterocycles. The number of methoxy groups -OCH3 is 1. The molecular weight excluding hydrogens is 1240 g/mol. The summed E-state index contributed by atoms with van der Waals surface area (Å²) in [5.74, 6) is -5.12. The van der Waals surface area contributed by atoms with E-state index in [1.807, 2.05) is 133 Å². The van der Waals surface area contributed by atoms with Crippen molar-refractivity contribution in [2.24, 2.45) is 29.6 Å². The van der Waals surface area contributed by atoms with Gasteiger partial charge in [-0.05, 0) is 71.3 Å². The first kappa shape index (κ1) is 80.1. The molecule has 1 fully saturated rings. The number of amides is 8. The van der Waals surface area contributed by atoms with Crippen molar-refractivity contribution in [3.8, 4) is 0 Å². The number of anilines is 1. The highest BCUT2D eigenvalue weighted by Gasteiger charge is 2.43. The van der Waals surface area contributed by atoms with E-state index in [4.69, 9.17) is 23.7 Å². The van der Waals surface area contributed by atoms with Gasteiger partial charge in [-0.2, -0.15) is 0 Å². The number of likely N-dealkylation sites (N-methyl/N-ethyl adjacent to an activating group) is 3. The van der Waals surface area contributed by atoms with Crippen molar-refractivity contribution in [1.82, 2.24) is 35.6 Å². The molecule has 1 saturated heterocycles. The number of nitrogens with zero attached hydrogens (tertiary/aromatic N) is 5. The van der Waals surface area contributed by atoms with E-state index in [0.717, 1.165) is 34.4 Å². The van der Waals surface area contributed by atoms with Gasteiger partial charge in [-0.3, -0.25) is 38.4 Å². The maximum absolute atomic E-state index is 14.7. The summed E-state index contributed by atoms with van der Waals surface area (Å²) in [4.78, 5) is 130. The second-order valence-electron chi connectivity index (χ2n) is 26.3. The van der Waals surface area contributed by atoms with Crippen molar-refractivity contribution in [2.45, 2.75) is 162 Å². The minimum atomic E-state index is -1.13. The van der Waals surface area contributed by atoms with E-state index >= 15 is 0 Å². The Bertz CT molecular complexity index is 3040. The summed E-state index contributed by atoms with van der Waals surface area (Å²) in [7, 11) is 6.40.